The molecule has 1 amide bonds. The van der Waals surface area contributed by atoms with Crippen LogP contribution >= 0.6 is 0 Å². The summed E-state index contributed by atoms with van der Waals surface area (Å²) >= 11 is 0. The number of carbonyl (C=O) groups excluding carboxylic acids is 1. The van der Waals surface area contributed by atoms with Crippen LogP contribution in [0.3, 0.4) is 0 Å². The topological polar surface area (TPSA) is 41.6 Å². The second kappa shape index (κ2) is 4.24. The van der Waals surface area contributed by atoms with E-state index < -0.39 is 0 Å². The first kappa shape index (κ1) is 11.7. The average Bonchev–Trinajstić information content (AvgIpc) is 2.80. The minimum absolute atomic E-state index is 0.171. The zero-order valence-electron chi connectivity index (χ0n) is 10.5. The Morgan fingerprint density at radius 2 is 2.00 bits per heavy atom. The van der Waals surface area contributed by atoms with Crippen molar-refractivity contribution in [3.8, 4) is 0 Å². The lowest BCUT2D eigenvalue weighted by Crippen LogP contribution is -2.54. The number of hydrogen-bond acceptors (Lipinski definition) is 3. The van der Waals surface area contributed by atoms with Crippen molar-refractivity contribution < 1.29 is 9.53 Å². The molecule has 0 aromatic rings. The van der Waals surface area contributed by atoms with E-state index in [0.29, 0.717) is 5.92 Å². The van der Waals surface area contributed by atoms with Gasteiger partial charge in [-0.15, -0.1) is 0 Å². The number of nitrogens with zero attached hydrogens (tertiary/aromatic N) is 1. The van der Waals surface area contributed by atoms with Crippen LogP contribution < -0.4 is 5.32 Å². The summed E-state index contributed by atoms with van der Waals surface area (Å²) in [4.78, 5) is 13.4. The SMILES string of the molecule is CC(C)(C)OC(=O)N1CC(CNC2CC2)C1. The van der Waals surface area contributed by atoms with E-state index in [0.717, 1.165) is 25.7 Å². The standard InChI is InChI=1S/C12H22N2O2/c1-12(2,3)16-11(15)14-7-9(8-14)6-13-10-4-5-10/h9-10,13H,4-8H2,1-3H3. The van der Waals surface area contributed by atoms with Crippen molar-refractivity contribution >= 4 is 6.09 Å². The normalized spacial score (nSPS) is 21.8. The number of hydrogen-bond donors (Lipinski definition) is 1. The van der Waals surface area contributed by atoms with Gasteiger partial charge in [-0.25, -0.2) is 4.79 Å². The molecule has 16 heavy (non-hydrogen) atoms. The number of ether oxygens (including phenoxy) is 1. The molecular weight excluding hydrogens is 204 g/mol. The van der Waals surface area contributed by atoms with Gasteiger partial charge in [0.05, 0.1) is 0 Å². The van der Waals surface area contributed by atoms with E-state index >= 15 is 0 Å². The van der Waals surface area contributed by atoms with Crippen molar-refractivity contribution in [1.29, 1.82) is 0 Å². The fraction of sp³-hybridized carbons (Fsp3) is 0.917. The van der Waals surface area contributed by atoms with Crippen molar-refractivity contribution in [2.45, 2.75) is 45.3 Å². The first-order valence-electron chi connectivity index (χ1n) is 6.15. The molecule has 4 nitrogen and oxygen atoms in total. The predicted molar refractivity (Wildman–Crippen MR) is 62.3 cm³/mol. The fourth-order valence-electron chi connectivity index (χ4n) is 1.80. The van der Waals surface area contributed by atoms with Crippen LogP contribution in [0.4, 0.5) is 4.79 Å². The third-order valence-corrected chi connectivity index (χ3v) is 2.88. The summed E-state index contributed by atoms with van der Waals surface area (Å²) < 4.78 is 5.29. The number of amides is 1. The Hall–Kier alpha value is -0.770. The molecule has 0 radical (unpaired) electrons. The van der Waals surface area contributed by atoms with Gasteiger partial charge in [0.1, 0.15) is 5.60 Å². The summed E-state index contributed by atoms with van der Waals surface area (Å²) in [6.07, 6.45) is 2.47. The molecule has 1 saturated carbocycles. The Kier molecular flexibility index (Phi) is 3.10. The number of likely N-dealkylation sites (tertiary alicyclic amines) is 1. The first-order chi connectivity index (χ1) is 7.44. The van der Waals surface area contributed by atoms with Crippen LogP contribution in [0.15, 0.2) is 0 Å². The van der Waals surface area contributed by atoms with Crippen LogP contribution in [0.2, 0.25) is 0 Å². The highest BCUT2D eigenvalue weighted by molar-refractivity contribution is 5.69. The van der Waals surface area contributed by atoms with Gasteiger partial charge < -0.3 is 15.0 Å². The van der Waals surface area contributed by atoms with E-state index in [1.165, 1.54) is 12.8 Å². The summed E-state index contributed by atoms with van der Waals surface area (Å²) in [6, 6.07) is 0.760. The Morgan fingerprint density at radius 3 is 2.50 bits per heavy atom. The molecule has 0 unspecified atom stereocenters. The predicted octanol–water partition coefficient (Wildman–Crippen LogP) is 1.61. The van der Waals surface area contributed by atoms with Crippen LogP contribution in [-0.2, 0) is 4.74 Å². The van der Waals surface area contributed by atoms with Crippen LogP contribution in [0.5, 0.6) is 0 Å². The quantitative estimate of drug-likeness (QED) is 0.795. The van der Waals surface area contributed by atoms with Crippen molar-refractivity contribution in [1.82, 2.24) is 10.2 Å². The van der Waals surface area contributed by atoms with Gasteiger partial charge in [0.2, 0.25) is 0 Å². The Labute approximate surface area is 97.3 Å². The number of nitrogens with one attached hydrogen (secondary N) is 1. The molecule has 0 bridgehead atoms. The summed E-state index contributed by atoms with van der Waals surface area (Å²) in [5.41, 5.74) is -0.381. The molecule has 0 aromatic carbocycles. The summed E-state index contributed by atoms with van der Waals surface area (Å²) in [7, 11) is 0. The van der Waals surface area contributed by atoms with E-state index in [4.69, 9.17) is 4.74 Å². The average molecular weight is 226 g/mol. The van der Waals surface area contributed by atoms with Gasteiger partial charge in [-0.2, -0.15) is 0 Å². The smallest absolute Gasteiger partial charge is 0.410 e. The molecule has 1 heterocycles. The second-order valence-corrected chi connectivity index (χ2v) is 5.93. The summed E-state index contributed by atoms with van der Waals surface area (Å²) in [5.74, 6) is 0.619. The van der Waals surface area contributed by atoms with Gasteiger partial charge in [0.15, 0.2) is 0 Å². The minimum Gasteiger partial charge on any atom is -0.444 e. The van der Waals surface area contributed by atoms with Crippen LogP contribution in [0, 0.1) is 5.92 Å². The monoisotopic (exact) mass is 226 g/mol. The van der Waals surface area contributed by atoms with Gasteiger partial charge in [-0.05, 0) is 33.6 Å². The van der Waals surface area contributed by atoms with Gasteiger partial charge in [0.25, 0.3) is 0 Å². The number of carbonyl (C=O) groups is 1. The first-order valence-corrected chi connectivity index (χ1v) is 6.15. The van der Waals surface area contributed by atoms with Crippen molar-refractivity contribution in [2.75, 3.05) is 19.6 Å². The van der Waals surface area contributed by atoms with E-state index in [2.05, 4.69) is 5.32 Å². The van der Waals surface area contributed by atoms with Gasteiger partial charge in [-0.3, -0.25) is 0 Å². The maximum absolute atomic E-state index is 11.6. The molecule has 1 N–H and O–H groups in total. The molecule has 1 saturated heterocycles. The highest BCUT2D eigenvalue weighted by Crippen LogP contribution is 2.22. The number of rotatable bonds is 3. The molecule has 1 aliphatic carbocycles. The van der Waals surface area contributed by atoms with Crippen molar-refractivity contribution in [2.24, 2.45) is 5.92 Å². The maximum Gasteiger partial charge on any atom is 0.410 e. The second-order valence-electron chi connectivity index (χ2n) is 5.93. The lowest BCUT2D eigenvalue weighted by molar-refractivity contribution is -0.000782. The molecule has 2 rings (SSSR count). The Balaban J connectivity index is 1.61. The zero-order chi connectivity index (χ0) is 11.8. The Bertz CT molecular complexity index is 263. The molecule has 4 heteroatoms. The van der Waals surface area contributed by atoms with Crippen LogP contribution in [0.1, 0.15) is 33.6 Å². The van der Waals surface area contributed by atoms with E-state index in [1.807, 2.05) is 20.8 Å². The maximum atomic E-state index is 11.6. The molecule has 2 fully saturated rings. The van der Waals surface area contributed by atoms with Gasteiger partial charge >= 0.3 is 6.09 Å². The third kappa shape index (κ3) is 3.37. The largest absolute Gasteiger partial charge is 0.444 e. The van der Waals surface area contributed by atoms with Crippen molar-refractivity contribution in [3.05, 3.63) is 0 Å². The van der Waals surface area contributed by atoms with E-state index in [-0.39, 0.29) is 11.7 Å². The van der Waals surface area contributed by atoms with Crippen molar-refractivity contribution in [3.63, 3.8) is 0 Å². The molecule has 0 atom stereocenters. The highest BCUT2D eigenvalue weighted by Gasteiger charge is 2.34. The molecule has 0 spiro atoms. The molecule has 0 aromatic heterocycles. The van der Waals surface area contributed by atoms with Gasteiger partial charge in [-0.1, -0.05) is 0 Å². The van der Waals surface area contributed by atoms with E-state index in [1.54, 1.807) is 4.90 Å². The minimum atomic E-state index is -0.381. The zero-order valence-corrected chi connectivity index (χ0v) is 10.5. The summed E-state index contributed by atoms with van der Waals surface area (Å²) in [5, 5.41) is 3.49. The lowest BCUT2D eigenvalue weighted by atomic mass is 10.0. The van der Waals surface area contributed by atoms with Crippen LogP contribution in [0.25, 0.3) is 0 Å². The lowest BCUT2D eigenvalue weighted by Gasteiger charge is -2.39. The third-order valence-electron chi connectivity index (χ3n) is 2.88. The summed E-state index contributed by atoms with van der Waals surface area (Å²) in [6.45, 7) is 8.43. The highest BCUT2D eigenvalue weighted by atomic mass is 16.6. The molecule has 1 aliphatic heterocycles. The fourth-order valence-corrected chi connectivity index (χ4v) is 1.80. The van der Waals surface area contributed by atoms with Crippen LogP contribution in [-0.4, -0.2) is 42.3 Å². The molecular formula is C12H22N2O2. The van der Waals surface area contributed by atoms with Gasteiger partial charge in [0, 0.05) is 31.6 Å². The Morgan fingerprint density at radius 1 is 1.38 bits per heavy atom. The molecule has 2 aliphatic rings. The molecule has 92 valence electrons. The van der Waals surface area contributed by atoms with E-state index in [9.17, 15) is 4.79 Å².